The number of amides is 4. The molecule has 1 saturated heterocycles. The smallest absolute Gasteiger partial charge is 0.242 e. The van der Waals surface area contributed by atoms with Crippen molar-refractivity contribution in [2.75, 3.05) is 26.4 Å². The molecule has 0 spiro atoms. The van der Waals surface area contributed by atoms with Gasteiger partial charge in [-0.1, -0.05) is 0 Å². The van der Waals surface area contributed by atoms with E-state index in [1.165, 1.54) is 23.7 Å². The molecule has 1 unspecified atom stereocenters. The fourth-order valence-corrected chi connectivity index (χ4v) is 2.82. The number of nitrogens with one attached hydrogen (secondary N) is 2. The molecule has 0 radical (unpaired) electrons. The predicted octanol–water partition coefficient (Wildman–Crippen LogP) is -0.881. The average Bonchev–Trinajstić information content (AvgIpc) is 2.71. The molecule has 1 atom stereocenters. The first-order valence-corrected chi connectivity index (χ1v) is 7.41. The summed E-state index contributed by atoms with van der Waals surface area (Å²) in [7, 11) is 3.07. The second-order valence-corrected chi connectivity index (χ2v) is 5.53. The highest BCUT2D eigenvalue weighted by Gasteiger charge is 2.38. The number of carbonyl (C=O) groups excluding carboxylic acids is 4. The molecular weight excluding hydrogens is 282 g/mol. The molecule has 112 valence electrons. The first-order chi connectivity index (χ1) is 9.49. The van der Waals surface area contributed by atoms with Crippen LogP contribution in [-0.4, -0.2) is 60.2 Å². The summed E-state index contributed by atoms with van der Waals surface area (Å²) >= 11 is 1.17. The minimum absolute atomic E-state index is 0.116. The molecule has 0 aliphatic carbocycles. The van der Waals surface area contributed by atoms with Crippen LogP contribution in [0.25, 0.3) is 0 Å². The molecule has 0 saturated carbocycles. The number of rotatable bonds is 7. The van der Waals surface area contributed by atoms with E-state index < -0.39 is 5.25 Å². The van der Waals surface area contributed by atoms with E-state index >= 15 is 0 Å². The molecule has 1 aliphatic rings. The van der Waals surface area contributed by atoms with Crippen LogP contribution in [0, 0.1) is 0 Å². The van der Waals surface area contributed by atoms with Crippen LogP contribution in [0.2, 0.25) is 0 Å². The fourth-order valence-electron chi connectivity index (χ4n) is 1.79. The van der Waals surface area contributed by atoms with E-state index in [1.54, 1.807) is 7.05 Å². The van der Waals surface area contributed by atoms with E-state index in [-0.39, 0.29) is 48.8 Å². The van der Waals surface area contributed by atoms with E-state index in [1.807, 2.05) is 0 Å². The number of thioether (sulfide) groups is 1. The summed E-state index contributed by atoms with van der Waals surface area (Å²) in [4.78, 5) is 47.2. The van der Waals surface area contributed by atoms with Crippen molar-refractivity contribution < 1.29 is 19.2 Å². The first-order valence-electron chi connectivity index (χ1n) is 6.36. The highest BCUT2D eigenvalue weighted by atomic mass is 32.2. The topological polar surface area (TPSA) is 95.6 Å². The third kappa shape index (κ3) is 4.52. The molecule has 0 aromatic rings. The minimum atomic E-state index is -0.486. The molecule has 1 fully saturated rings. The lowest BCUT2D eigenvalue weighted by Gasteiger charge is -2.14. The second-order valence-electron chi connectivity index (χ2n) is 4.34. The molecule has 0 bridgehead atoms. The molecule has 4 amide bonds. The Bertz CT molecular complexity index is 414. The van der Waals surface area contributed by atoms with E-state index in [0.717, 1.165) is 0 Å². The number of carbonyl (C=O) groups is 4. The third-order valence-corrected chi connectivity index (χ3v) is 4.16. The Labute approximate surface area is 121 Å². The summed E-state index contributed by atoms with van der Waals surface area (Å²) in [6.07, 6.45) is 0.855. The molecule has 2 N–H and O–H groups in total. The van der Waals surface area contributed by atoms with E-state index in [4.69, 9.17) is 0 Å². The van der Waals surface area contributed by atoms with Crippen molar-refractivity contribution in [2.45, 2.75) is 24.5 Å². The van der Waals surface area contributed by atoms with Crippen LogP contribution >= 0.6 is 11.8 Å². The number of hydrogen-bond acceptors (Lipinski definition) is 5. The van der Waals surface area contributed by atoms with Gasteiger partial charge in [-0.3, -0.25) is 24.1 Å². The summed E-state index contributed by atoms with van der Waals surface area (Å²) in [5, 5.41) is 4.46. The fraction of sp³-hybridized carbons (Fsp3) is 0.667. The normalized spacial score (nSPS) is 18.3. The Balaban J connectivity index is 2.42. The van der Waals surface area contributed by atoms with Crippen LogP contribution in [0.4, 0.5) is 0 Å². The maximum absolute atomic E-state index is 12.0. The zero-order valence-corrected chi connectivity index (χ0v) is 12.4. The van der Waals surface area contributed by atoms with Gasteiger partial charge in [0, 0.05) is 33.5 Å². The summed E-state index contributed by atoms with van der Waals surface area (Å²) in [5.41, 5.74) is 0. The van der Waals surface area contributed by atoms with Gasteiger partial charge in [0.05, 0.1) is 11.0 Å². The van der Waals surface area contributed by atoms with Crippen molar-refractivity contribution in [3.63, 3.8) is 0 Å². The maximum atomic E-state index is 12.0. The highest BCUT2D eigenvalue weighted by Crippen LogP contribution is 2.25. The van der Waals surface area contributed by atoms with Crippen molar-refractivity contribution in [1.29, 1.82) is 0 Å². The zero-order valence-electron chi connectivity index (χ0n) is 11.6. The lowest BCUT2D eigenvalue weighted by atomic mass is 10.3. The molecule has 0 aromatic carbocycles. The molecule has 7 nitrogen and oxygen atoms in total. The SMILES string of the molecule is CNC(=O)CCCN1C(=O)CC(SCC(=O)NC)C1=O. The summed E-state index contributed by atoms with van der Waals surface area (Å²) < 4.78 is 0. The molecular formula is C12H19N3O4S. The van der Waals surface area contributed by atoms with E-state index in [2.05, 4.69) is 10.6 Å². The third-order valence-electron chi connectivity index (χ3n) is 2.96. The van der Waals surface area contributed by atoms with Crippen molar-refractivity contribution in [1.82, 2.24) is 15.5 Å². The second kappa shape index (κ2) is 7.88. The van der Waals surface area contributed by atoms with Gasteiger partial charge in [-0.15, -0.1) is 11.8 Å². The molecule has 1 rings (SSSR count). The average molecular weight is 301 g/mol. The zero-order chi connectivity index (χ0) is 15.1. The van der Waals surface area contributed by atoms with Gasteiger partial charge >= 0.3 is 0 Å². The van der Waals surface area contributed by atoms with E-state index in [0.29, 0.717) is 6.42 Å². The lowest BCUT2D eigenvalue weighted by molar-refractivity contribution is -0.138. The standard InChI is InChI=1S/C12H19N3O4S/c1-13-9(16)4-3-5-15-11(18)6-8(12(15)19)20-7-10(17)14-2/h8H,3-7H2,1-2H3,(H,13,16)(H,14,17). The van der Waals surface area contributed by atoms with Gasteiger partial charge in [-0.25, -0.2) is 0 Å². The van der Waals surface area contributed by atoms with Crippen LogP contribution in [0.3, 0.4) is 0 Å². The van der Waals surface area contributed by atoms with Crippen LogP contribution in [0.1, 0.15) is 19.3 Å². The van der Waals surface area contributed by atoms with Gasteiger partial charge in [0.15, 0.2) is 0 Å². The Morgan fingerprint density at radius 2 is 1.90 bits per heavy atom. The summed E-state index contributed by atoms with van der Waals surface area (Å²) in [6.45, 7) is 0.252. The van der Waals surface area contributed by atoms with Gasteiger partial charge in [-0.05, 0) is 6.42 Å². The molecule has 8 heteroatoms. The van der Waals surface area contributed by atoms with Crippen LogP contribution in [-0.2, 0) is 19.2 Å². The highest BCUT2D eigenvalue weighted by molar-refractivity contribution is 8.01. The quantitative estimate of drug-likeness (QED) is 0.595. The van der Waals surface area contributed by atoms with Crippen LogP contribution in [0.15, 0.2) is 0 Å². The Morgan fingerprint density at radius 3 is 2.50 bits per heavy atom. The lowest BCUT2D eigenvalue weighted by Crippen LogP contribution is -2.33. The van der Waals surface area contributed by atoms with Crippen molar-refractivity contribution in [3.05, 3.63) is 0 Å². The van der Waals surface area contributed by atoms with Gasteiger partial charge in [0.1, 0.15) is 0 Å². The van der Waals surface area contributed by atoms with Crippen LogP contribution in [0.5, 0.6) is 0 Å². The minimum Gasteiger partial charge on any atom is -0.359 e. The van der Waals surface area contributed by atoms with Crippen LogP contribution < -0.4 is 10.6 Å². The number of imide groups is 1. The van der Waals surface area contributed by atoms with Crippen molar-refractivity contribution in [2.24, 2.45) is 0 Å². The number of nitrogens with zero attached hydrogens (tertiary/aromatic N) is 1. The summed E-state index contributed by atoms with van der Waals surface area (Å²) in [6, 6.07) is 0. The molecule has 1 heterocycles. The number of hydrogen-bond donors (Lipinski definition) is 2. The molecule has 20 heavy (non-hydrogen) atoms. The van der Waals surface area contributed by atoms with Gasteiger partial charge < -0.3 is 10.6 Å². The number of likely N-dealkylation sites (tertiary alicyclic amines) is 1. The monoisotopic (exact) mass is 301 g/mol. The Hall–Kier alpha value is -1.57. The largest absolute Gasteiger partial charge is 0.359 e. The maximum Gasteiger partial charge on any atom is 0.242 e. The van der Waals surface area contributed by atoms with E-state index in [9.17, 15) is 19.2 Å². The van der Waals surface area contributed by atoms with Gasteiger partial charge in [0.25, 0.3) is 0 Å². The Kier molecular flexibility index (Phi) is 6.50. The molecule has 0 aromatic heterocycles. The predicted molar refractivity (Wildman–Crippen MR) is 75.0 cm³/mol. The van der Waals surface area contributed by atoms with Crippen molar-refractivity contribution >= 4 is 35.4 Å². The van der Waals surface area contributed by atoms with Crippen molar-refractivity contribution in [3.8, 4) is 0 Å². The molecule has 1 aliphatic heterocycles. The van der Waals surface area contributed by atoms with Gasteiger partial charge in [0.2, 0.25) is 23.6 Å². The first kappa shape index (κ1) is 16.5. The summed E-state index contributed by atoms with van der Waals surface area (Å²) in [5.74, 6) is -0.628. The van der Waals surface area contributed by atoms with Gasteiger partial charge in [-0.2, -0.15) is 0 Å². The Morgan fingerprint density at radius 1 is 1.25 bits per heavy atom.